The number of aromatic nitrogens is 2. The minimum Gasteiger partial charge on any atom is -0.298 e. The topological polar surface area (TPSA) is 34.9 Å². The van der Waals surface area contributed by atoms with Gasteiger partial charge in [-0.2, -0.15) is 13.9 Å². The number of hydrogen-bond acceptors (Lipinski definition) is 2. The number of fused-ring (bicyclic) bond motifs is 1. The van der Waals surface area contributed by atoms with Crippen LogP contribution in [0.5, 0.6) is 0 Å². The molecule has 2 rings (SSSR count). The summed E-state index contributed by atoms with van der Waals surface area (Å²) >= 11 is 0. The van der Waals surface area contributed by atoms with Crippen LogP contribution in [-0.4, -0.2) is 15.6 Å². The van der Waals surface area contributed by atoms with Gasteiger partial charge in [0.05, 0.1) is 6.54 Å². The van der Waals surface area contributed by atoms with E-state index in [0.717, 1.165) is 4.68 Å². The molecule has 1 aromatic heterocycles. The van der Waals surface area contributed by atoms with Crippen LogP contribution in [0.1, 0.15) is 37.2 Å². The molecule has 1 aliphatic carbocycles. The standard InChI is InChI=1S/C11H12F4N2O/c1-5-3-7-8(10(12)13)16-17(4-6(2)18)9(7)11(5,14)15/h5,10H,3-4H2,1-2H3. The van der Waals surface area contributed by atoms with Gasteiger partial charge in [-0.05, 0) is 13.3 Å². The molecule has 0 saturated carbocycles. The molecule has 1 aromatic rings. The molecule has 0 fully saturated rings. The lowest BCUT2D eigenvalue weighted by atomic mass is 10.1. The van der Waals surface area contributed by atoms with Crippen molar-refractivity contribution in [1.82, 2.24) is 9.78 Å². The predicted octanol–water partition coefficient (Wildman–Crippen LogP) is 2.69. The van der Waals surface area contributed by atoms with Gasteiger partial charge in [-0.15, -0.1) is 0 Å². The second-order valence-corrected chi connectivity index (χ2v) is 4.60. The molecule has 0 aliphatic heterocycles. The molecule has 0 aromatic carbocycles. The highest BCUT2D eigenvalue weighted by molar-refractivity contribution is 5.75. The van der Waals surface area contributed by atoms with E-state index in [1.807, 2.05) is 0 Å². The fourth-order valence-electron chi connectivity index (χ4n) is 2.26. The Morgan fingerprint density at radius 2 is 2.17 bits per heavy atom. The van der Waals surface area contributed by atoms with Gasteiger partial charge in [0.2, 0.25) is 0 Å². The van der Waals surface area contributed by atoms with Gasteiger partial charge in [0.15, 0.2) is 5.78 Å². The van der Waals surface area contributed by atoms with Crippen molar-refractivity contribution in [2.45, 2.75) is 39.2 Å². The van der Waals surface area contributed by atoms with E-state index < -0.39 is 42.0 Å². The second-order valence-electron chi connectivity index (χ2n) is 4.60. The smallest absolute Gasteiger partial charge is 0.292 e. The molecule has 100 valence electrons. The molecule has 7 heteroatoms. The Morgan fingerprint density at radius 1 is 1.56 bits per heavy atom. The Balaban J connectivity index is 2.58. The molecule has 3 nitrogen and oxygen atoms in total. The zero-order chi connectivity index (χ0) is 13.7. The lowest BCUT2D eigenvalue weighted by molar-refractivity contribution is -0.118. The first-order chi connectivity index (χ1) is 8.25. The lowest BCUT2D eigenvalue weighted by Crippen LogP contribution is -2.24. The van der Waals surface area contributed by atoms with Crippen LogP contribution in [0.15, 0.2) is 0 Å². The highest BCUT2D eigenvalue weighted by Gasteiger charge is 2.51. The molecule has 0 saturated heterocycles. The molecular formula is C11H12F4N2O. The maximum Gasteiger partial charge on any atom is 0.292 e. The van der Waals surface area contributed by atoms with Gasteiger partial charge in [0, 0.05) is 11.5 Å². The van der Waals surface area contributed by atoms with Crippen molar-refractivity contribution in [1.29, 1.82) is 0 Å². The second kappa shape index (κ2) is 4.07. The van der Waals surface area contributed by atoms with Crippen molar-refractivity contribution < 1.29 is 22.4 Å². The Hall–Kier alpha value is -1.40. The predicted molar refractivity (Wildman–Crippen MR) is 54.6 cm³/mol. The van der Waals surface area contributed by atoms with Crippen LogP contribution in [0.3, 0.4) is 0 Å². The first-order valence-corrected chi connectivity index (χ1v) is 5.50. The summed E-state index contributed by atoms with van der Waals surface area (Å²) in [6.45, 7) is 2.09. The fourth-order valence-corrected chi connectivity index (χ4v) is 2.26. The van der Waals surface area contributed by atoms with Crippen molar-refractivity contribution in [3.63, 3.8) is 0 Å². The van der Waals surface area contributed by atoms with E-state index in [-0.39, 0.29) is 12.0 Å². The molecule has 1 heterocycles. The molecule has 1 atom stereocenters. The minimum absolute atomic E-state index is 0.108. The number of carbonyl (C=O) groups excluding carboxylic acids is 1. The maximum atomic E-state index is 13.9. The molecule has 18 heavy (non-hydrogen) atoms. The average molecular weight is 264 g/mol. The number of Topliss-reactive ketones (excluding diaryl/α,β-unsaturated/α-hetero) is 1. The maximum absolute atomic E-state index is 13.9. The van der Waals surface area contributed by atoms with Gasteiger partial charge < -0.3 is 0 Å². The largest absolute Gasteiger partial charge is 0.298 e. The van der Waals surface area contributed by atoms with Crippen molar-refractivity contribution >= 4 is 5.78 Å². The molecule has 0 bridgehead atoms. The Labute approximate surface area is 101 Å². The average Bonchev–Trinajstić information content (AvgIpc) is 2.65. The van der Waals surface area contributed by atoms with E-state index in [1.165, 1.54) is 13.8 Å². The number of nitrogens with zero attached hydrogens (tertiary/aromatic N) is 2. The van der Waals surface area contributed by atoms with Crippen LogP contribution in [-0.2, 0) is 23.7 Å². The monoisotopic (exact) mass is 264 g/mol. The number of alkyl halides is 4. The number of hydrogen-bond donors (Lipinski definition) is 0. The quantitative estimate of drug-likeness (QED) is 0.787. The van der Waals surface area contributed by atoms with E-state index in [2.05, 4.69) is 5.10 Å². The third-order valence-electron chi connectivity index (χ3n) is 3.11. The van der Waals surface area contributed by atoms with Crippen LogP contribution in [0.25, 0.3) is 0 Å². The summed E-state index contributed by atoms with van der Waals surface area (Å²) in [5.41, 5.74) is -1.26. The van der Waals surface area contributed by atoms with E-state index in [0.29, 0.717) is 0 Å². The van der Waals surface area contributed by atoms with E-state index in [1.54, 1.807) is 0 Å². The summed E-state index contributed by atoms with van der Waals surface area (Å²) in [4.78, 5) is 11.0. The summed E-state index contributed by atoms with van der Waals surface area (Å²) in [5, 5.41) is 3.47. The first-order valence-electron chi connectivity index (χ1n) is 5.50. The van der Waals surface area contributed by atoms with Crippen LogP contribution < -0.4 is 0 Å². The zero-order valence-electron chi connectivity index (χ0n) is 9.88. The third kappa shape index (κ3) is 1.81. The van der Waals surface area contributed by atoms with Crippen molar-refractivity contribution in [2.24, 2.45) is 5.92 Å². The molecule has 1 aliphatic rings. The fraction of sp³-hybridized carbons (Fsp3) is 0.636. The van der Waals surface area contributed by atoms with Crippen molar-refractivity contribution in [2.75, 3.05) is 0 Å². The minimum atomic E-state index is -3.22. The van der Waals surface area contributed by atoms with E-state index >= 15 is 0 Å². The van der Waals surface area contributed by atoms with Gasteiger partial charge >= 0.3 is 0 Å². The normalized spacial score (nSPS) is 21.4. The molecule has 0 spiro atoms. The first kappa shape index (κ1) is 13.0. The highest BCUT2D eigenvalue weighted by Crippen LogP contribution is 2.48. The molecule has 0 radical (unpaired) electrons. The Bertz CT molecular complexity index is 495. The summed E-state index contributed by atoms with van der Waals surface area (Å²) in [7, 11) is 0. The summed E-state index contributed by atoms with van der Waals surface area (Å²) < 4.78 is 54.0. The summed E-state index contributed by atoms with van der Waals surface area (Å²) in [5.74, 6) is -4.68. The zero-order valence-corrected chi connectivity index (χ0v) is 9.88. The SMILES string of the molecule is CC(=O)Cn1nc(C(F)F)c2c1C(F)(F)C(C)C2. The van der Waals surface area contributed by atoms with E-state index in [9.17, 15) is 22.4 Å². The number of rotatable bonds is 3. The summed E-state index contributed by atoms with van der Waals surface area (Å²) in [6, 6.07) is 0. The van der Waals surface area contributed by atoms with Gasteiger partial charge in [-0.3, -0.25) is 9.48 Å². The number of carbonyl (C=O) groups is 1. The lowest BCUT2D eigenvalue weighted by Gasteiger charge is -2.17. The van der Waals surface area contributed by atoms with Gasteiger partial charge in [0.1, 0.15) is 11.4 Å². The van der Waals surface area contributed by atoms with Gasteiger partial charge in [0.25, 0.3) is 12.3 Å². The number of halogens is 4. The molecular weight excluding hydrogens is 252 g/mol. The molecule has 0 amide bonds. The third-order valence-corrected chi connectivity index (χ3v) is 3.11. The van der Waals surface area contributed by atoms with Crippen LogP contribution in [0, 0.1) is 5.92 Å². The molecule has 0 N–H and O–H groups in total. The van der Waals surface area contributed by atoms with Crippen LogP contribution >= 0.6 is 0 Å². The highest BCUT2D eigenvalue weighted by atomic mass is 19.3. The van der Waals surface area contributed by atoms with Crippen LogP contribution in [0.2, 0.25) is 0 Å². The Morgan fingerprint density at radius 3 is 2.67 bits per heavy atom. The summed E-state index contributed by atoms with van der Waals surface area (Å²) in [6.07, 6.45) is -3.05. The van der Waals surface area contributed by atoms with Gasteiger partial charge in [-0.25, -0.2) is 8.78 Å². The van der Waals surface area contributed by atoms with Crippen molar-refractivity contribution in [3.8, 4) is 0 Å². The molecule has 1 unspecified atom stereocenters. The van der Waals surface area contributed by atoms with E-state index in [4.69, 9.17) is 0 Å². The van der Waals surface area contributed by atoms with Crippen LogP contribution in [0.4, 0.5) is 17.6 Å². The number of ketones is 1. The van der Waals surface area contributed by atoms with Crippen molar-refractivity contribution in [3.05, 3.63) is 17.0 Å². The Kier molecular flexibility index (Phi) is 2.95. The van der Waals surface area contributed by atoms with Gasteiger partial charge in [-0.1, -0.05) is 6.92 Å².